The molecule has 7 rings (SSSR count). The molecule has 6 nitrogen and oxygen atoms in total. The van der Waals surface area contributed by atoms with Crippen molar-refractivity contribution in [3.63, 3.8) is 0 Å². The van der Waals surface area contributed by atoms with Gasteiger partial charge >= 0.3 is 0 Å². The highest BCUT2D eigenvalue weighted by atomic mass is 19.1. The second-order valence-electron chi connectivity index (χ2n) is 14.4. The van der Waals surface area contributed by atoms with Crippen LogP contribution in [0, 0.1) is 5.82 Å². The topological polar surface area (TPSA) is 64.7 Å². The third-order valence-corrected chi connectivity index (χ3v) is 10.7. The van der Waals surface area contributed by atoms with Crippen LogP contribution in [0.1, 0.15) is 109 Å². The molecule has 0 saturated carbocycles. The van der Waals surface area contributed by atoms with Crippen LogP contribution < -0.4 is 10.6 Å². The van der Waals surface area contributed by atoms with Crippen molar-refractivity contribution in [1.29, 1.82) is 0 Å². The van der Waals surface area contributed by atoms with Gasteiger partial charge in [0.2, 0.25) is 11.8 Å². The van der Waals surface area contributed by atoms with E-state index >= 15 is 0 Å². The molecule has 3 aromatic carbocycles. The van der Waals surface area contributed by atoms with Crippen molar-refractivity contribution in [1.82, 2.24) is 20.4 Å². The molecule has 0 aromatic heterocycles. The van der Waals surface area contributed by atoms with Crippen LogP contribution in [0.25, 0.3) is 16.7 Å². The van der Waals surface area contributed by atoms with Gasteiger partial charge in [0.25, 0.3) is 0 Å². The van der Waals surface area contributed by atoms with Gasteiger partial charge in [-0.3, -0.25) is 20.2 Å². The summed E-state index contributed by atoms with van der Waals surface area (Å²) < 4.78 is 13.5. The largest absolute Gasteiger partial charge is 0.344 e. The zero-order valence-corrected chi connectivity index (χ0v) is 33.3. The van der Waals surface area contributed by atoms with Gasteiger partial charge in [-0.15, -0.1) is 0 Å². The summed E-state index contributed by atoms with van der Waals surface area (Å²) in [5.41, 5.74) is 7.20. The summed E-state index contributed by atoms with van der Waals surface area (Å²) in [6.45, 7) is 17.7. The third kappa shape index (κ3) is 9.43. The van der Waals surface area contributed by atoms with Crippen molar-refractivity contribution in [2.75, 3.05) is 27.2 Å². The fourth-order valence-electron chi connectivity index (χ4n) is 8.04. The number of carbonyl (C=O) groups is 2. The van der Waals surface area contributed by atoms with E-state index in [0.29, 0.717) is 0 Å². The van der Waals surface area contributed by atoms with Gasteiger partial charge in [-0.25, -0.2) is 4.39 Å². The van der Waals surface area contributed by atoms with Gasteiger partial charge in [-0.1, -0.05) is 107 Å². The fourth-order valence-corrected chi connectivity index (χ4v) is 8.04. The lowest BCUT2D eigenvalue weighted by atomic mass is 9.95. The molecule has 4 aliphatic heterocycles. The number of rotatable bonds is 6. The first-order chi connectivity index (χ1) is 25.5. The maximum absolute atomic E-state index is 13.5. The lowest BCUT2D eigenvalue weighted by molar-refractivity contribution is -0.132. The van der Waals surface area contributed by atoms with Gasteiger partial charge in [0.05, 0.1) is 0 Å². The lowest BCUT2D eigenvalue weighted by Crippen LogP contribution is -2.47. The average Bonchev–Trinajstić information content (AvgIpc) is 3.96. The summed E-state index contributed by atoms with van der Waals surface area (Å²) in [5.74, 6) is 0.240. The number of carbonyl (C=O) groups excluding carboxylic acids is 2. The highest BCUT2D eigenvalue weighted by Crippen LogP contribution is 2.41. The zero-order valence-electron chi connectivity index (χ0n) is 33.3. The molecule has 2 spiro atoms. The highest BCUT2D eigenvalue weighted by molar-refractivity contribution is 5.89. The number of likely N-dealkylation sites (tertiary alicyclic amines) is 2. The van der Waals surface area contributed by atoms with Crippen molar-refractivity contribution in [3.05, 3.63) is 126 Å². The zero-order chi connectivity index (χ0) is 38.8. The second kappa shape index (κ2) is 18.6. The third-order valence-electron chi connectivity index (χ3n) is 10.7. The SMILES string of the molecule is C=C/C=C(\C=C(C)C)c1cccc([C@H]2CC[C@]3(CCN(C)C3=O)N2)c1.CC.CC.CN1CC[C@]2(CC[C@H](c3cccc(-c4cccc(F)c4)c3)N2)C1=O. The average molecular weight is 721 g/mol. The maximum Gasteiger partial charge on any atom is 0.242 e. The van der Waals surface area contributed by atoms with Gasteiger partial charge < -0.3 is 9.80 Å². The van der Waals surface area contributed by atoms with E-state index < -0.39 is 0 Å². The predicted molar refractivity (Wildman–Crippen MR) is 219 cm³/mol. The predicted octanol–water partition coefficient (Wildman–Crippen LogP) is 9.82. The summed E-state index contributed by atoms with van der Waals surface area (Å²) in [5, 5.41) is 7.24. The molecule has 7 heteroatoms. The Hall–Kier alpha value is -4.33. The highest BCUT2D eigenvalue weighted by Gasteiger charge is 2.51. The van der Waals surface area contributed by atoms with E-state index in [0.717, 1.165) is 68.3 Å². The van der Waals surface area contributed by atoms with Crippen LogP contribution in [0.5, 0.6) is 0 Å². The molecule has 4 aliphatic rings. The Morgan fingerprint density at radius 3 is 1.70 bits per heavy atom. The molecule has 4 heterocycles. The van der Waals surface area contributed by atoms with E-state index in [4.69, 9.17) is 0 Å². The monoisotopic (exact) mass is 720 g/mol. The molecule has 284 valence electrons. The molecule has 4 atom stereocenters. The van der Waals surface area contributed by atoms with Crippen LogP contribution >= 0.6 is 0 Å². The molecule has 0 radical (unpaired) electrons. The van der Waals surface area contributed by atoms with E-state index in [1.165, 1.54) is 28.3 Å². The van der Waals surface area contributed by atoms with Crippen molar-refractivity contribution < 1.29 is 14.0 Å². The second-order valence-corrected chi connectivity index (χ2v) is 14.4. The summed E-state index contributed by atoms with van der Waals surface area (Å²) in [4.78, 5) is 28.6. The van der Waals surface area contributed by atoms with Crippen LogP contribution in [0.3, 0.4) is 0 Å². The molecule has 4 saturated heterocycles. The first-order valence-electron chi connectivity index (χ1n) is 19.5. The van der Waals surface area contributed by atoms with E-state index in [9.17, 15) is 14.0 Å². The molecule has 53 heavy (non-hydrogen) atoms. The standard InChI is InChI=1S/C22H28N2O.C20H21FN2O.2C2H6/c1-5-7-17(14-16(2)3)18-8-6-9-19(15-18)20-10-11-22(23-20)12-13-24(4)21(22)25;1-23-11-10-20(19(23)24)9-8-18(22-20)16-6-2-4-14(12-16)15-5-3-7-17(21)13-15;2*1-2/h5-9,14-15,20,23H,1,10-13H2,2-4H3;2-7,12-13,18,22H,8-11H2,1H3;2*1-2H3/b17-7+;;;/t20-,22-;18-,20-;;/m11../s1. The number of allylic oxidation sites excluding steroid dienone is 5. The van der Waals surface area contributed by atoms with Crippen LogP contribution in [0.4, 0.5) is 4.39 Å². The number of hydrogen-bond acceptors (Lipinski definition) is 4. The Balaban J connectivity index is 0.000000217. The molecule has 3 aromatic rings. The van der Waals surface area contributed by atoms with Gasteiger partial charge in [0, 0.05) is 39.3 Å². The van der Waals surface area contributed by atoms with Crippen molar-refractivity contribution in [2.45, 2.75) is 103 Å². The molecule has 2 amide bonds. The summed E-state index contributed by atoms with van der Waals surface area (Å²) in [6.07, 6.45) is 11.6. The normalized spacial score (nSPS) is 24.7. The Bertz CT molecular complexity index is 1800. The summed E-state index contributed by atoms with van der Waals surface area (Å²) >= 11 is 0. The van der Waals surface area contributed by atoms with Gasteiger partial charge in [0.1, 0.15) is 16.9 Å². The number of nitrogens with zero attached hydrogens (tertiary/aromatic N) is 2. The van der Waals surface area contributed by atoms with Crippen molar-refractivity contribution >= 4 is 17.4 Å². The number of benzene rings is 3. The van der Waals surface area contributed by atoms with Crippen molar-refractivity contribution in [3.8, 4) is 11.1 Å². The Morgan fingerprint density at radius 1 is 0.736 bits per heavy atom. The summed E-state index contributed by atoms with van der Waals surface area (Å²) in [7, 11) is 3.77. The number of nitrogens with one attached hydrogen (secondary N) is 2. The Labute approximate surface area is 318 Å². The van der Waals surface area contributed by atoms with E-state index in [1.54, 1.807) is 12.1 Å². The van der Waals surface area contributed by atoms with E-state index in [-0.39, 0.29) is 40.8 Å². The Kier molecular flexibility index (Phi) is 14.6. The fraction of sp³-hybridized carbons (Fsp3) is 0.435. The smallest absolute Gasteiger partial charge is 0.242 e. The minimum absolute atomic E-state index is 0.175. The molecule has 0 bridgehead atoms. The van der Waals surface area contributed by atoms with Gasteiger partial charge in [-0.2, -0.15) is 0 Å². The van der Waals surface area contributed by atoms with E-state index in [1.807, 2.05) is 81.9 Å². The van der Waals surface area contributed by atoms with Crippen LogP contribution in [0.2, 0.25) is 0 Å². The number of hydrogen-bond donors (Lipinski definition) is 2. The van der Waals surface area contributed by atoms with Crippen LogP contribution in [-0.4, -0.2) is 59.9 Å². The maximum atomic E-state index is 13.5. The lowest BCUT2D eigenvalue weighted by Gasteiger charge is -2.23. The molecule has 0 unspecified atom stereocenters. The van der Waals surface area contributed by atoms with Crippen LogP contribution in [0.15, 0.2) is 103 Å². The van der Waals surface area contributed by atoms with Gasteiger partial charge in [-0.05, 0) is 110 Å². The first-order valence-corrected chi connectivity index (χ1v) is 19.5. The van der Waals surface area contributed by atoms with Gasteiger partial charge in [0.15, 0.2) is 0 Å². The Morgan fingerprint density at radius 2 is 1.23 bits per heavy atom. The molecular weight excluding hydrogens is 660 g/mol. The van der Waals surface area contributed by atoms with Crippen LogP contribution in [-0.2, 0) is 9.59 Å². The quantitative estimate of drug-likeness (QED) is 0.249. The minimum Gasteiger partial charge on any atom is -0.344 e. The molecule has 0 aliphatic carbocycles. The number of likely N-dealkylation sites (N-methyl/N-ethyl adjacent to an activating group) is 2. The minimum atomic E-state index is -0.381. The summed E-state index contributed by atoms with van der Waals surface area (Å²) in [6, 6.07) is 23.9. The number of amides is 2. The molecule has 4 fully saturated rings. The van der Waals surface area contributed by atoms with Crippen molar-refractivity contribution in [2.24, 2.45) is 0 Å². The molecule has 2 N–H and O–H groups in total. The van der Waals surface area contributed by atoms with E-state index in [2.05, 4.69) is 73.5 Å². The first kappa shape index (κ1) is 41.4. The molecular formula is C46H61FN4O2. The number of halogens is 1.